The highest BCUT2D eigenvalue weighted by Crippen LogP contribution is 2.21. The molecule has 8 heteroatoms. The van der Waals surface area contributed by atoms with Gasteiger partial charge >= 0.3 is 0 Å². The second-order valence-electron chi connectivity index (χ2n) is 7.98. The summed E-state index contributed by atoms with van der Waals surface area (Å²) in [6.07, 6.45) is 3.94. The number of piperidine rings is 1. The monoisotopic (exact) mass is 396 g/mol. The summed E-state index contributed by atoms with van der Waals surface area (Å²) in [5.74, 6) is 1.73. The van der Waals surface area contributed by atoms with E-state index in [0.717, 1.165) is 50.2 Å². The van der Waals surface area contributed by atoms with E-state index >= 15 is 0 Å². The number of likely N-dealkylation sites (tertiary alicyclic amines) is 1. The number of nitrogens with zero attached hydrogens (tertiary/aromatic N) is 3. The van der Waals surface area contributed by atoms with Gasteiger partial charge in [0.2, 0.25) is 5.91 Å². The van der Waals surface area contributed by atoms with Crippen LogP contribution in [0.5, 0.6) is 0 Å². The van der Waals surface area contributed by atoms with Crippen LogP contribution in [0.3, 0.4) is 0 Å². The molecule has 29 heavy (non-hydrogen) atoms. The summed E-state index contributed by atoms with van der Waals surface area (Å²) in [5, 5.41) is 13.3. The number of H-pyrrole nitrogens is 1. The second-order valence-corrected chi connectivity index (χ2v) is 7.98. The van der Waals surface area contributed by atoms with E-state index in [-0.39, 0.29) is 23.8 Å². The average molecular weight is 396 g/mol. The number of aromatic amines is 1. The van der Waals surface area contributed by atoms with Crippen LogP contribution in [-0.4, -0.2) is 64.1 Å². The van der Waals surface area contributed by atoms with E-state index in [0.29, 0.717) is 24.5 Å². The maximum atomic E-state index is 13.1. The van der Waals surface area contributed by atoms with Crippen molar-refractivity contribution < 1.29 is 9.59 Å². The molecular weight excluding hydrogens is 368 g/mol. The molecule has 1 aromatic heterocycles. The van der Waals surface area contributed by atoms with Gasteiger partial charge in [0, 0.05) is 30.8 Å². The van der Waals surface area contributed by atoms with Gasteiger partial charge in [0.1, 0.15) is 5.82 Å². The van der Waals surface area contributed by atoms with Gasteiger partial charge in [0.25, 0.3) is 5.91 Å². The minimum atomic E-state index is -0.0571. The molecule has 2 atom stereocenters. The van der Waals surface area contributed by atoms with Crippen LogP contribution in [-0.2, 0) is 4.79 Å². The number of rotatable bonds is 5. The number of aromatic nitrogens is 3. The highest BCUT2D eigenvalue weighted by molar-refractivity contribution is 5.95. The van der Waals surface area contributed by atoms with Gasteiger partial charge in [0.05, 0.1) is 6.04 Å². The Morgan fingerprint density at radius 2 is 2.17 bits per heavy atom. The first-order valence-corrected chi connectivity index (χ1v) is 10.4. The first kappa shape index (κ1) is 19.6. The van der Waals surface area contributed by atoms with E-state index in [1.54, 1.807) is 0 Å². The molecule has 154 valence electrons. The number of nitrogens with one attached hydrogen (secondary N) is 3. The Morgan fingerprint density at radius 1 is 1.28 bits per heavy atom. The van der Waals surface area contributed by atoms with Crippen LogP contribution in [0.25, 0.3) is 11.4 Å². The average Bonchev–Trinajstić information content (AvgIpc) is 3.44. The van der Waals surface area contributed by atoms with Crippen molar-refractivity contribution in [2.24, 2.45) is 5.92 Å². The standard InChI is InChI=1S/C21H28N6O2/c1-14-24-19(26-25-14)16-6-2-7-17(11-16)21(29)27-10-4-5-15(13-27)12-23-20(28)18-8-3-9-22-18/h2,6-7,11,15,18,22H,3-5,8-10,12-13H2,1H3,(H,23,28)(H,24,25,26). The molecule has 2 fully saturated rings. The van der Waals surface area contributed by atoms with Crippen molar-refractivity contribution in [3.05, 3.63) is 35.7 Å². The van der Waals surface area contributed by atoms with Crippen molar-refractivity contribution in [1.82, 2.24) is 30.7 Å². The Bertz CT molecular complexity index is 874. The number of carbonyl (C=O) groups excluding carboxylic acids is 2. The highest BCUT2D eigenvalue weighted by Gasteiger charge is 2.27. The quantitative estimate of drug-likeness (QED) is 0.711. The SMILES string of the molecule is Cc1nc(-c2cccc(C(=O)N3CCCC(CNC(=O)C4CCCN4)C3)c2)n[nH]1. The summed E-state index contributed by atoms with van der Waals surface area (Å²) in [7, 11) is 0. The van der Waals surface area contributed by atoms with Gasteiger partial charge in [-0.2, -0.15) is 5.10 Å². The van der Waals surface area contributed by atoms with Crippen LogP contribution in [0, 0.1) is 12.8 Å². The normalized spacial score (nSPS) is 21.9. The molecule has 0 saturated carbocycles. The molecular formula is C21H28N6O2. The van der Waals surface area contributed by atoms with E-state index in [9.17, 15) is 9.59 Å². The molecule has 0 radical (unpaired) electrons. The Kier molecular flexibility index (Phi) is 5.89. The van der Waals surface area contributed by atoms with Crippen LogP contribution in [0.15, 0.2) is 24.3 Å². The molecule has 2 aliphatic rings. The van der Waals surface area contributed by atoms with E-state index < -0.39 is 0 Å². The summed E-state index contributed by atoms with van der Waals surface area (Å²) in [4.78, 5) is 31.5. The van der Waals surface area contributed by atoms with Gasteiger partial charge in [-0.1, -0.05) is 12.1 Å². The Morgan fingerprint density at radius 3 is 2.93 bits per heavy atom. The van der Waals surface area contributed by atoms with E-state index in [4.69, 9.17) is 0 Å². The molecule has 0 bridgehead atoms. The summed E-state index contributed by atoms with van der Waals surface area (Å²) >= 11 is 0. The first-order valence-electron chi connectivity index (χ1n) is 10.4. The summed E-state index contributed by atoms with van der Waals surface area (Å²) in [6.45, 7) is 4.80. The molecule has 1 aromatic carbocycles. The summed E-state index contributed by atoms with van der Waals surface area (Å²) in [5.41, 5.74) is 1.47. The Labute approximate surface area is 170 Å². The fourth-order valence-corrected chi connectivity index (χ4v) is 4.14. The Balaban J connectivity index is 1.36. The van der Waals surface area contributed by atoms with Gasteiger partial charge < -0.3 is 15.5 Å². The number of hydrogen-bond acceptors (Lipinski definition) is 5. The molecule has 2 unspecified atom stereocenters. The lowest BCUT2D eigenvalue weighted by Gasteiger charge is -2.33. The molecule has 3 N–H and O–H groups in total. The lowest BCUT2D eigenvalue weighted by Crippen LogP contribution is -2.46. The maximum absolute atomic E-state index is 13.1. The molecule has 8 nitrogen and oxygen atoms in total. The minimum absolute atomic E-state index is 0.0209. The maximum Gasteiger partial charge on any atom is 0.253 e. The van der Waals surface area contributed by atoms with Crippen molar-refractivity contribution >= 4 is 11.8 Å². The van der Waals surface area contributed by atoms with Crippen LogP contribution < -0.4 is 10.6 Å². The number of amides is 2. The smallest absolute Gasteiger partial charge is 0.253 e. The lowest BCUT2D eigenvalue weighted by molar-refractivity contribution is -0.123. The highest BCUT2D eigenvalue weighted by atomic mass is 16.2. The number of aryl methyl sites for hydroxylation is 1. The van der Waals surface area contributed by atoms with Crippen molar-refractivity contribution in [2.75, 3.05) is 26.2 Å². The fraction of sp³-hybridized carbons (Fsp3) is 0.524. The minimum Gasteiger partial charge on any atom is -0.354 e. The molecule has 0 spiro atoms. The van der Waals surface area contributed by atoms with Crippen molar-refractivity contribution in [3.8, 4) is 11.4 Å². The zero-order valence-corrected chi connectivity index (χ0v) is 16.8. The lowest BCUT2D eigenvalue weighted by atomic mass is 9.97. The zero-order valence-electron chi connectivity index (χ0n) is 16.8. The molecule has 2 saturated heterocycles. The van der Waals surface area contributed by atoms with Crippen molar-refractivity contribution in [1.29, 1.82) is 0 Å². The molecule has 4 rings (SSSR count). The zero-order chi connectivity index (χ0) is 20.2. The molecule has 3 heterocycles. The summed E-state index contributed by atoms with van der Waals surface area (Å²) in [6, 6.07) is 7.40. The number of benzene rings is 1. The van der Waals surface area contributed by atoms with Gasteiger partial charge in [-0.3, -0.25) is 14.7 Å². The predicted octanol–water partition coefficient (Wildman–Crippen LogP) is 1.50. The van der Waals surface area contributed by atoms with Crippen molar-refractivity contribution in [2.45, 2.75) is 38.6 Å². The van der Waals surface area contributed by atoms with E-state index in [1.165, 1.54) is 0 Å². The molecule has 0 aliphatic carbocycles. The molecule has 2 amide bonds. The third-order valence-corrected chi connectivity index (χ3v) is 5.71. The van der Waals surface area contributed by atoms with Gasteiger partial charge in [0.15, 0.2) is 5.82 Å². The largest absolute Gasteiger partial charge is 0.354 e. The van der Waals surface area contributed by atoms with Crippen LogP contribution in [0.2, 0.25) is 0 Å². The van der Waals surface area contributed by atoms with Gasteiger partial charge in [-0.15, -0.1) is 0 Å². The number of hydrogen-bond donors (Lipinski definition) is 3. The molecule has 2 aromatic rings. The van der Waals surface area contributed by atoms with E-state index in [2.05, 4.69) is 25.8 Å². The number of carbonyl (C=O) groups is 2. The first-order chi connectivity index (χ1) is 14.1. The second kappa shape index (κ2) is 8.73. The van der Waals surface area contributed by atoms with E-state index in [1.807, 2.05) is 36.1 Å². The van der Waals surface area contributed by atoms with Crippen LogP contribution >= 0.6 is 0 Å². The molecule has 2 aliphatic heterocycles. The predicted molar refractivity (Wildman–Crippen MR) is 109 cm³/mol. The van der Waals surface area contributed by atoms with Crippen LogP contribution in [0.1, 0.15) is 41.9 Å². The summed E-state index contributed by atoms with van der Waals surface area (Å²) < 4.78 is 0. The topological polar surface area (TPSA) is 103 Å². The van der Waals surface area contributed by atoms with Gasteiger partial charge in [-0.25, -0.2) is 4.98 Å². The van der Waals surface area contributed by atoms with Gasteiger partial charge in [-0.05, 0) is 57.2 Å². The third-order valence-electron chi connectivity index (χ3n) is 5.71. The fourth-order valence-electron chi connectivity index (χ4n) is 4.14. The van der Waals surface area contributed by atoms with Crippen molar-refractivity contribution in [3.63, 3.8) is 0 Å². The Hall–Kier alpha value is -2.74. The third kappa shape index (κ3) is 4.64. The van der Waals surface area contributed by atoms with Crippen LogP contribution in [0.4, 0.5) is 0 Å².